The molecule has 1 aromatic rings. The molecule has 2 heterocycles. The molecule has 0 unspecified atom stereocenters. The van der Waals surface area contributed by atoms with Crippen molar-refractivity contribution in [1.29, 1.82) is 0 Å². The Hall–Kier alpha value is -2.24. The lowest BCUT2D eigenvalue weighted by molar-refractivity contribution is -0.132. The van der Waals surface area contributed by atoms with Crippen LogP contribution in [0.1, 0.15) is 19.8 Å². The van der Waals surface area contributed by atoms with E-state index in [1.54, 1.807) is 6.92 Å². The molecule has 23 heavy (non-hydrogen) atoms. The van der Waals surface area contributed by atoms with Crippen molar-refractivity contribution in [3.8, 4) is 11.5 Å². The zero-order valence-electron chi connectivity index (χ0n) is 13.1. The number of fused-ring (bicyclic) bond motifs is 2. The van der Waals surface area contributed by atoms with Crippen molar-refractivity contribution in [3.63, 3.8) is 0 Å². The molecule has 122 valence electrons. The summed E-state index contributed by atoms with van der Waals surface area (Å²) in [6, 6.07) is 5.47. The molecule has 4 rings (SSSR count). The molecule has 2 fully saturated rings. The van der Waals surface area contributed by atoms with E-state index in [1.807, 2.05) is 23.1 Å². The number of likely N-dealkylation sites (tertiary alicyclic amines) is 1. The van der Waals surface area contributed by atoms with Gasteiger partial charge in [0.05, 0.1) is 5.41 Å². The van der Waals surface area contributed by atoms with Crippen LogP contribution < -0.4 is 14.8 Å². The zero-order chi connectivity index (χ0) is 16.0. The first-order chi connectivity index (χ1) is 11.1. The highest BCUT2D eigenvalue weighted by Crippen LogP contribution is 2.58. The SMILES string of the molecule is CC(=O)N1CC[C@]2(C(=O)Nc3ccc4c(c3)OCCO4)C[C@@H]2C1. The second-order valence-electron chi connectivity index (χ2n) is 6.58. The summed E-state index contributed by atoms with van der Waals surface area (Å²) in [5.74, 6) is 1.83. The molecule has 1 aliphatic carbocycles. The Labute approximate surface area is 134 Å². The van der Waals surface area contributed by atoms with E-state index in [-0.39, 0.29) is 23.1 Å². The summed E-state index contributed by atoms with van der Waals surface area (Å²) in [6.45, 7) is 4.03. The molecule has 0 bridgehead atoms. The number of amides is 2. The molecule has 0 radical (unpaired) electrons. The maximum Gasteiger partial charge on any atom is 0.231 e. The monoisotopic (exact) mass is 316 g/mol. The summed E-state index contributed by atoms with van der Waals surface area (Å²) in [7, 11) is 0. The number of hydrogen-bond donors (Lipinski definition) is 1. The van der Waals surface area contributed by atoms with E-state index in [4.69, 9.17) is 9.47 Å². The Balaban J connectivity index is 1.44. The summed E-state index contributed by atoms with van der Waals surface area (Å²) >= 11 is 0. The minimum absolute atomic E-state index is 0.0578. The lowest BCUT2D eigenvalue weighted by atomic mass is 9.94. The molecular formula is C17H20N2O4. The van der Waals surface area contributed by atoms with Crippen LogP contribution in [0.15, 0.2) is 18.2 Å². The highest BCUT2D eigenvalue weighted by molar-refractivity contribution is 5.98. The molecule has 2 aliphatic heterocycles. The quantitative estimate of drug-likeness (QED) is 0.901. The molecule has 1 aromatic carbocycles. The fourth-order valence-corrected chi connectivity index (χ4v) is 3.67. The lowest BCUT2D eigenvalue weighted by Crippen LogP contribution is -2.41. The van der Waals surface area contributed by atoms with Crippen LogP contribution in [0, 0.1) is 11.3 Å². The largest absolute Gasteiger partial charge is 0.486 e. The Morgan fingerprint density at radius 3 is 2.78 bits per heavy atom. The van der Waals surface area contributed by atoms with E-state index in [9.17, 15) is 9.59 Å². The average Bonchev–Trinajstić information content (AvgIpc) is 3.29. The predicted molar refractivity (Wildman–Crippen MR) is 83.5 cm³/mol. The first-order valence-electron chi connectivity index (χ1n) is 8.05. The van der Waals surface area contributed by atoms with Crippen LogP contribution in [0.5, 0.6) is 11.5 Å². The van der Waals surface area contributed by atoms with Crippen molar-refractivity contribution in [1.82, 2.24) is 4.90 Å². The lowest BCUT2D eigenvalue weighted by Gasteiger charge is -2.30. The Kier molecular flexibility index (Phi) is 3.21. The van der Waals surface area contributed by atoms with E-state index in [0.29, 0.717) is 37.8 Å². The number of anilines is 1. The van der Waals surface area contributed by atoms with Crippen LogP contribution in [-0.2, 0) is 9.59 Å². The van der Waals surface area contributed by atoms with Crippen molar-refractivity contribution in [3.05, 3.63) is 18.2 Å². The second kappa shape index (κ2) is 5.15. The summed E-state index contributed by atoms with van der Waals surface area (Å²) in [6.07, 6.45) is 1.61. The molecule has 0 spiro atoms. The number of carbonyl (C=O) groups excluding carboxylic acids is 2. The highest BCUT2D eigenvalue weighted by Gasteiger charge is 2.61. The van der Waals surface area contributed by atoms with Gasteiger partial charge in [-0.15, -0.1) is 0 Å². The number of nitrogens with one attached hydrogen (secondary N) is 1. The van der Waals surface area contributed by atoms with E-state index in [2.05, 4.69) is 5.32 Å². The summed E-state index contributed by atoms with van der Waals surface area (Å²) in [5.41, 5.74) is 0.437. The highest BCUT2D eigenvalue weighted by atomic mass is 16.6. The number of benzene rings is 1. The molecule has 3 aliphatic rings. The van der Waals surface area contributed by atoms with Gasteiger partial charge in [0.25, 0.3) is 0 Å². The molecule has 2 amide bonds. The molecule has 2 atom stereocenters. The maximum atomic E-state index is 12.7. The van der Waals surface area contributed by atoms with Gasteiger partial charge in [-0.2, -0.15) is 0 Å². The van der Waals surface area contributed by atoms with Gasteiger partial charge in [-0.25, -0.2) is 0 Å². The van der Waals surface area contributed by atoms with Crippen LogP contribution >= 0.6 is 0 Å². The average molecular weight is 316 g/mol. The first kappa shape index (κ1) is 14.4. The van der Waals surface area contributed by atoms with Crippen LogP contribution in [0.3, 0.4) is 0 Å². The molecule has 0 aromatic heterocycles. The van der Waals surface area contributed by atoms with Gasteiger partial charge in [0, 0.05) is 31.8 Å². The number of ether oxygens (including phenoxy) is 2. The van der Waals surface area contributed by atoms with Crippen molar-refractivity contribution in [2.75, 3.05) is 31.6 Å². The number of piperidine rings is 1. The van der Waals surface area contributed by atoms with Gasteiger partial charge in [0.15, 0.2) is 11.5 Å². The fraction of sp³-hybridized carbons (Fsp3) is 0.529. The summed E-state index contributed by atoms with van der Waals surface area (Å²) in [4.78, 5) is 26.0. The minimum Gasteiger partial charge on any atom is -0.486 e. The first-order valence-corrected chi connectivity index (χ1v) is 8.05. The Morgan fingerprint density at radius 2 is 2.04 bits per heavy atom. The normalized spacial score (nSPS) is 27.9. The van der Waals surface area contributed by atoms with Gasteiger partial charge < -0.3 is 19.7 Å². The number of rotatable bonds is 2. The van der Waals surface area contributed by atoms with Gasteiger partial charge in [-0.1, -0.05) is 0 Å². The van der Waals surface area contributed by atoms with Crippen LogP contribution in [0.25, 0.3) is 0 Å². The minimum atomic E-state index is -0.292. The fourth-order valence-electron chi connectivity index (χ4n) is 3.67. The van der Waals surface area contributed by atoms with Gasteiger partial charge in [-0.3, -0.25) is 9.59 Å². The van der Waals surface area contributed by atoms with E-state index >= 15 is 0 Å². The summed E-state index contributed by atoms with van der Waals surface area (Å²) < 4.78 is 11.0. The van der Waals surface area contributed by atoms with Crippen molar-refractivity contribution < 1.29 is 19.1 Å². The number of carbonyl (C=O) groups is 2. The topological polar surface area (TPSA) is 67.9 Å². The summed E-state index contributed by atoms with van der Waals surface area (Å²) in [5, 5.41) is 3.01. The zero-order valence-corrected chi connectivity index (χ0v) is 13.1. The maximum absolute atomic E-state index is 12.7. The molecule has 6 nitrogen and oxygen atoms in total. The molecule has 1 saturated heterocycles. The van der Waals surface area contributed by atoms with Crippen LogP contribution in [-0.4, -0.2) is 43.0 Å². The van der Waals surface area contributed by atoms with E-state index in [0.717, 1.165) is 18.5 Å². The van der Waals surface area contributed by atoms with E-state index < -0.39 is 0 Å². The third kappa shape index (κ3) is 2.42. The van der Waals surface area contributed by atoms with Crippen LogP contribution in [0.4, 0.5) is 5.69 Å². The number of nitrogens with zero attached hydrogens (tertiary/aromatic N) is 1. The number of hydrogen-bond acceptors (Lipinski definition) is 4. The van der Waals surface area contributed by atoms with Gasteiger partial charge in [0.1, 0.15) is 13.2 Å². The molecule has 1 N–H and O–H groups in total. The Morgan fingerprint density at radius 1 is 1.26 bits per heavy atom. The van der Waals surface area contributed by atoms with Crippen molar-refractivity contribution in [2.24, 2.45) is 11.3 Å². The smallest absolute Gasteiger partial charge is 0.231 e. The third-order valence-corrected chi connectivity index (χ3v) is 5.20. The van der Waals surface area contributed by atoms with Gasteiger partial charge >= 0.3 is 0 Å². The third-order valence-electron chi connectivity index (χ3n) is 5.20. The Bertz CT molecular complexity index is 675. The van der Waals surface area contributed by atoms with Crippen molar-refractivity contribution in [2.45, 2.75) is 19.8 Å². The molecular weight excluding hydrogens is 296 g/mol. The van der Waals surface area contributed by atoms with Gasteiger partial charge in [0.2, 0.25) is 11.8 Å². The molecule has 6 heteroatoms. The van der Waals surface area contributed by atoms with Crippen LogP contribution in [0.2, 0.25) is 0 Å². The predicted octanol–water partition coefficient (Wildman–Crippen LogP) is 1.65. The second-order valence-corrected chi connectivity index (χ2v) is 6.58. The molecule has 1 saturated carbocycles. The standard InChI is InChI=1S/C17H20N2O4/c1-11(20)19-5-4-17(9-12(17)10-19)16(21)18-13-2-3-14-15(8-13)23-7-6-22-14/h2-3,8,12H,4-7,9-10H2,1H3,(H,18,21)/t12-,17+/m1/s1. The van der Waals surface area contributed by atoms with Gasteiger partial charge in [-0.05, 0) is 30.9 Å². The van der Waals surface area contributed by atoms with Crippen molar-refractivity contribution >= 4 is 17.5 Å². The van der Waals surface area contributed by atoms with E-state index in [1.165, 1.54) is 0 Å².